The summed E-state index contributed by atoms with van der Waals surface area (Å²) < 4.78 is 38.5. The van der Waals surface area contributed by atoms with E-state index in [0.29, 0.717) is 11.5 Å². The average Bonchev–Trinajstić information content (AvgIpc) is 2.70. The predicted octanol–water partition coefficient (Wildman–Crippen LogP) is 2.52. The highest BCUT2D eigenvalue weighted by Gasteiger charge is 2.24. The smallest absolute Gasteiger partial charge is 0.240 e. The summed E-state index contributed by atoms with van der Waals surface area (Å²) in [5.74, 6) is 1.63. The molecule has 1 aliphatic heterocycles. The molecule has 0 atom stereocenters. The molecule has 7 heteroatoms. The number of benzene rings is 2. The first-order valence-corrected chi connectivity index (χ1v) is 10.6. The van der Waals surface area contributed by atoms with Gasteiger partial charge < -0.3 is 9.47 Å². The maximum Gasteiger partial charge on any atom is 0.240 e. The Morgan fingerprint density at radius 2 is 1.63 bits per heavy atom. The lowest BCUT2D eigenvalue weighted by molar-refractivity contribution is 0.170. The normalized spacial score (nSPS) is 16.2. The minimum atomic E-state index is -3.44. The van der Waals surface area contributed by atoms with Gasteiger partial charge in [-0.05, 0) is 62.3 Å². The second kappa shape index (κ2) is 9.21. The van der Waals surface area contributed by atoms with E-state index < -0.39 is 10.0 Å². The molecule has 0 unspecified atom stereocenters. The van der Waals surface area contributed by atoms with Crippen molar-refractivity contribution in [1.29, 1.82) is 0 Å². The van der Waals surface area contributed by atoms with Crippen LogP contribution in [0.2, 0.25) is 0 Å². The SMILES string of the molecule is COc1ccc(OCCN2CCC(NS(=O)(=O)c3ccccc3)CC2)cc1. The number of sulfonamides is 1. The number of hydrogen-bond acceptors (Lipinski definition) is 5. The summed E-state index contributed by atoms with van der Waals surface area (Å²) in [6, 6.07) is 16.0. The third kappa shape index (κ3) is 5.69. The zero-order chi connectivity index (χ0) is 19.1. The number of piperidine rings is 1. The number of nitrogens with zero attached hydrogens (tertiary/aromatic N) is 1. The van der Waals surface area contributed by atoms with E-state index in [0.717, 1.165) is 44.0 Å². The molecule has 27 heavy (non-hydrogen) atoms. The summed E-state index contributed by atoms with van der Waals surface area (Å²) >= 11 is 0. The van der Waals surface area contributed by atoms with E-state index in [1.807, 2.05) is 30.3 Å². The van der Waals surface area contributed by atoms with Gasteiger partial charge in [0.05, 0.1) is 12.0 Å². The number of nitrogens with one attached hydrogen (secondary N) is 1. The molecule has 1 heterocycles. The van der Waals surface area contributed by atoms with Crippen LogP contribution < -0.4 is 14.2 Å². The Balaban J connectivity index is 1.40. The number of methoxy groups -OCH3 is 1. The lowest BCUT2D eigenvalue weighted by Crippen LogP contribution is -2.45. The van der Waals surface area contributed by atoms with Crippen LogP contribution in [-0.4, -0.2) is 52.7 Å². The van der Waals surface area contributed by atoms with E-state index in [4.69, 9.17) is 9.47 Å². The summed E-state index contributed by atoms with van der Waals surface area (Å²) in [7, 11) is -1.80. The van der Waals surface area contributed by atoms with Gasteiger partial charge >= 0.3 is 0 Å². The fourth-order valence-electron chi connectivity index (χ4n) is 3.13. The lowest BCUT2D eigenvalue weighted by Gasteiger charge is -2.32. The summed E-state index contributed by atoms with van der Waals surface area (Å²) in [6.07, 6.45) is 1.60. The van der Waals surface area contributed by atoms with Crippen molar-refractivity contribution in [1.82, 2.24) is 9.62 Å². The Bertz CT molecular complexity index is 802. The molecule has 2 aromatic carbocycles. The molecular formula is C20H26N2O4S. The van der Waals surface area contributed by atoms with Crippen molar-refractivity contribution in [2.24, 2.45) is 0 Å². The van der Waals surface area contributed by atoms with Gasteiger partial charge in [-0.3, -0.25) is 4.90 Å². The molecule has 0 spiro atoms. The first kappa shape index (κ1) is 19.7. The van der Waals surface area contributed by atoms with Gasteiger partial charge in [0.2, 0.25) is 10.0 Å². The van der Waals surface area contributed by atoms with Crippen LogP contribution in [0.5, 0.6) is 11.5 Å². The Morgan fingerprint density at radius 1 is 1.00 bits per heavy atom. The molecule has 1 saturated heterocycles. The maximum absolute atomic E-state index is 12.4. The van der Waals surface area contributed by atoms with Crippen molar-refractivity contribution in [3.8, 4) is 11.5 Å². The molecule has 0 aliphatic carbocycles. The van der Waals surface area contributed by atoms with Crippen LogP contribution in [0.3, 0.4) is 0 Å². The van der Waals surface area contributed by atoms with Gasteiger partial charge in [0.15, 0.2) is 0 Å². The van der Waals surface area contributed by atoms with Crippen molar-refractivity contribution in [3.05, 3.63) is 54.6 Å². The number of ether oxygens (including phenoxy) is 2. The highest BCUT2D eigenvalue weighted by Crippen LogP contribution is 2.18. The van der Waals surface area contributed by atoms with Crippen LogP contribution in [0, 0.1) is 0 Å². The number of rotatable bonds is 8. The quantitative estimate of drug-likeness (QED) is 0.750. The van der Waals surface area contributed by atoms with Gasteiger partial charge in [0, 0.05) is 12.6 Å². The second-order valence-electron chi connectivity index (χ2n) is 6.57. The Kier molecular flexibility index (Phi) is 6.71. The van der Waals surface area contributed by atoms with Gasteiger partial charge in [-0.1, -0.05) is 18.2 Å². The minimum absolute atomic E-state index is 0.0195. The summed E-state index contributed by atoms with van der Waals surface area (Å²) in [4.78, 5) is 2.62. The van der Waals surface area contributed by atoms with E-state index >= 15 is 0 Å². The highest BCUT2D eigenvalue weighted by molar-refractivity contribution is 7.89. The largest absolute Gasteiger partial charge is 0.497 e. The summed E-state index contributed by atoms with van der Waals surface area (Å²) in [5.41, 5.74) is 0. The standard InChI is InChI=1S/C20H26N2O4S/c1-25-18-7-9-19(10-8-18)26-16-15-22-13-11-17(12-14-22)21-27(23,24)20-5-3-2-4-6-20/h2-10,17,21H,11-16H2,1H3. The number of likely N-dealkylation sites (tertiary alicyclic amines) is 1. The Hall–Kier alpha value is -2.09. The first-order chi connectivity index (χ1) is 13.1. The van der Waals surface area contributed by atoms with Crippen LogP contribution in [-0.2, 0) is 10.0 Å². The molecule has 1 fully saturated rings. The zero-order valence-corrected chi connectivity index (χ0v) is 16.3. The molecule has 1 aliphatic rings. The Labute approximate surface area is 161 Å². The fourth-order valence-corrected chi connectivity index (χ4v) is 4.45. The highest BCUT2D eigenvalue weighted by atomic mass is 32.2. The van der Waals surface area contributed by atoms with E-state index in [1.54, 1.807) is 31.4 Å². The second-order valence-corrected chi connectivity index (χ2v) is 8.29. The first-order valence-electron chi connectivity index (χ1n) is 9.13. The van der Waals surface area contributed by atoms with Gasteiger partial charge in [0.25, 0.3) is 0 Å². The molecule has 0 radical (unpaired) electrons. The van der Waals surface area contributed by atoms with Crippen molar-refractivity contribution in [2.75, 3.05) is 33.4 Å². The maximum atomic E-state index is 12.4. The third-order valence-corrected chi connectivity index (χ3v) is 6.23. The van der Waals surface area contributed by atoms with Gasteiger partial charge in [-0.15, -0.1) is 0 Å². The minimum Gasteiger partial charge on any atom is -0.497 e. The van der Waals surface area contributed by atoms with E-state index in [1.165, 1.54) is 0 Å². The molecule has 0 saturated carbocycles. The third-order valence-electron chi connectivity index (χ3n) is 4.70. The van der Waals surface area contributed by atoms with E-state index in [-0.39, 0.29) is 6.04 Å². The molecule has 0 aromatic heterocycles. The summed E-state index contributed by atoms with van der Waals surface area (Å²) in [6.45, 7) is 3.14. The van der Waals surface area contributed by atoms with Gasteiger partial charge in [-0.2, -0.15) is 0 Å². The van der Waals surface area contributed by atoms with Crippen LogP contribution in [0.1, 0.15) is 12.8 Å². The van der Waals surface area contributed by atoms with E-state index in [9.17, 15) is 8.42 Å². The van der Waals surface area contributed by atoms with Crippen molar-refractivity contribution in [2.45, 2.75) is 23.8 Å². The molecular weight excluding hydrogens is 364 g/mol. The monoisotopic (exact) mass is 390 g/mol. The van der Waals surface area contributed by atoms with Crippen molar-refractivity contribution < 1.29 is 17.9 Å². The molecule has 0 amide bonds. The summed E-state index contributed by atoms with van der Waals surface area (Å²) in [5, 5.41) is 0. The van der Waals surface area contributed by atoms with Gasteiger partial charge in [0.1, 0.15) is 18.1 Å². The molecule has 0 bridgehead atoms. The zero-order valence-electron chi connectivity index (χ0n) is 15.5. The topological polar surface area (TPSA) is 67.9 Å². The predicted molar refractivity (Wildman–Crippen MR) is 105 cm³/mol. The van der Waals surface area contributed by atoms with Crippen LogP contribution >= 0.6 is 0 Å². The van der Waals surface area contributed by atoms with E-state index in [2.05, 4.69) is 9.62 Å². The van der Waals surface area contributed by atoms with Crippen LogP contribution in [0.25, 0.3) is 0 Å². The fraction of sp³-hybridized carbons (Fsp3) is 0.400. The Morgan fingerprint density at radius 3 is 2.26 bits per heavy atom. The van der Waals surface area contributed by atoms with Crippen molar-refractivity contribution in [3.63, 3.8) is 0 Å². The lowest BCUT2D eigenvalue weighted by atomic mass is 10.1. The molecule has 146 valence electrons. The molecule has 3 rings (SSSR count). The van der Waals surface area contributed by atoms with Crippen LogP contribution in [0.4, 0.5) is 0 Å². The molecule has 1 N–H and O–H groups in total. The molecule has 6 nitrogen and oxygen atoms in total. The van der Waals surface area contributed by atoms with Gasteiger partial charge in [-0.25, -0.2) is 13.1 Å². The number of hydrogen-bond donors (Lipinski definition) is 1. The van der Waals surface area contributed by atoms with Crippen molar-refractivity contribution >= 4 is 10.0 Å². The molecule has 2 aromatic rings. The average molecular weight is 391 g/mol. The van der Waals surface area contributed by atoms with Crippen LogP contribution in [0.15, 0.2) is 59.5 Å².